The summed E-state index contributed by atoms with van der Waals surface area (Å²) in [5.74, 6) is 0.149. The average Bonchev–Trinajstić information content (AvgIpc) is 2.42. The summed E-state index contributed by atoms with van der Waals surface area (Å²) in [7, 11) is 0. The molecule has 2 rings (SSSR count). The lowest BCUT2D eigenvalue weighted by molar-refractivity contribution is 0.0954. The highest BCUT2D eigenvalue weighted by atomic mass is 16.3. The number of aromatic nitrogens is 1. The Kier molecular flexibility index (Phi) is 3.91. The number of phenols is 1. The third-order valence-corrected chi connectivity index (χ3v) is 2.58. The highest BCUT2D eigenvalue weighted by Gasteiger charge is 2.03. The van der Waals surface area contributed by atoms with Crippen LogP contribution in [0.25, 0.3) is 0 Å². The van der Waals surface area contributed by atoms with Crippen molar-refractivity contribution in [3.8, 4) is 5.75 Å². The van der Waals surface area contributed by atoms with Gasteiger partial charge in [0.2, 0.25) is 0 Å². The van der Waals surface area contributed by atoms with Crippen LogP contribution >= 0.6 is 0 Å². The second kappa shape index (κ2) is 5.82. The Labute approximate surface area is 105 Å². The van der Waals surface area contributed by atoms with Crippen molar-refractivity contribution in [2.75, 3.05) is 6.54 Å². The van der Waals surface area contributed by atoms with Gasteiger partial charge in [0.25, 0.3) is 5.91 Å². The fourth-order valence-electron chi connectivity index (χ4n) is 1.59. The standard InChI is InChI=1S/C14H14N2O2/c17-13-3-1-11(2-4-13)5-10-16-14(18)12-6-8-15-9-7-12/h1-4,6-9,17H,5,10H2,(H,16,18). The zero-order valence-electron chi connectivity index (χ0n) is 9.84. The number of carbonyl (C=O) groups excluding carboxylic acids is 1. The van der Waals surface area contributed by atoms with Gasteiger partial charge in [0.05, 0.1) is 0 Å². The molecule has 0 atom stereocenters. The van der Waals surface area contributed by atoms with Crippen molar-refractivity contribution in [3.63, 3.8) is 0 Å². The van der Waals surface area contributed by atoms with Crippen LogP contribution in [0.4, 0.5) is 0 Å². The minimum atomic E-state index is -0.101. The number of aromatic hydroxyl groups is 1. The van der Waals surface area contributed by atoms with Crippen LogP contribution in [0.15, 0.2) is 48.8 Å². The molecule has 0 aliphatic rings. The number of rotatable bonds is 4. The fraction of sp³-hybridized carbons (Fsp3) is 0.143. The molecule has 2 N–H and O–H groups in total. The van der Waals surface area contributed by atoms with Gasteiger partial charge in [-0.1, -0.05) is 12.1 Å². The number of phenolic OH excluding ortho intramolecular Hbond substituents is 1. The van der Waals surface area contributed by atoms with Gasteiger partial charge >= 0.3 is 0 Å². The van der Waals surface area contributed by atoms with Crippen LogP contribution in [0.5, 0.6) is 5.75 Å². The van der Waals surface area contributed by atoms with Gasteiger partial charge in [-0.3, -0.25) is 9.78 Å². The van der Waals surface area contributed by atoms with Crippen molar-refractivity contribution in [1.82, 2.24) is 10.3 Å². The van der Waals surface area contributed by atoms with E-state index in [2.05, 4.69) is 10.3 Å². The molecule has 1 heterocycles. The molecule has 0 saturated heterocycles. The molecule has 0 radical (unpaired) electrons. The molecule has 18 heavy (non-hydrogen) atoms. The Balaban J connectivity index is 1.82. The normalized spacial score (nSPS) is 10.0. The third kappa shape index (κ3) is 3.31. The molecule has 4 heteroatoms. The Morgan fingerprint density at radius 2 is 1.78 bits per heavy atom. The maximum Gasteiger partial charge on any atom is 0.251 e. The fourth-order valence-corrected chi connectivity index (χ4v) is 1.59. The van der Waals surface area contributed by atoms with Gasteiger partial charge in [-0.2, -0.15) is 0 Å². The highest BCUT2D eigenvalue weighted by molar-refractivity contribution is 5.93. The molecule has 0 spiro atoms. The lowest BCUT2D eigenvalue weighted by Gasteiger charge is -2.05. The van der Waals surface area contributed by atoms with Gasteiger partial charge in [-0.15, -0.1) is 0 Å². The molecule has 4 nitrogen and oxygen atoms in total. The first-order chi connectivity index (χ1) is 8.75. The number of carbonyl (C=O) groups is 1. The molecular formula is C14H14N2O2. The summed E-state index contributed by atoms with van der Waals surface area (Å²) in [6.45, 7) is 0.561. The molecule has 0 fully saturated rings. The topological polar surface area (TPSA) is 62.2 Å². The van der Waals surface area contributed by atoms with Crippen molar-refractivity contribution in [2.45, 2.75) is 6.42 Å². The van der Waals surface area contributed by atoms with Crippen molar-refractivity contribution < 1.29 is 9.90 Å². The quantitative estimate of drug-likeness (QED) is 0.858. The van der Waals surface area contributed by atoms with E-state index in [0.717, 1.165) is 12.0 Å². The second-order valence-corrected chi connectivity index (χ2v) is 3.91. The van der Waals surface area contributed by atoms with Gasteiger partial charge in [-0.25, -0.2) is 0 Å². The van der Waals surface area contributed by atoms with Gasteiger partial charge in [-0.05, 0) is 36.2 Å². The summed E-state index contributed by atoms with van der Waals surface area (Å²) in [6, 6.07) is 10.3. The number of hydrogen-bond donors (Lipinski definition) is 2. The van der Waals surface area contributed by atoms with E-state index in [0.29, 0.717) is 12.1 Å². The first-order valence-electron chi connectivity index (χ1n) is 5.72. The van der Waals surface area contributed by atoms with Crippen LogP contribution in [0.3, 0.4) is 0 Å². The summed E-state index contributed by atoms with van der Waals surface area (Å²) < 4.78 is 0. The van der Waals surface area contributed by atoms with Crippen LogP contribution < -0.4 is 5.32 Å². The second-order valence-electron chi connectivity index (χ2n) is 3.91. The van der Waals surface area contributed by atoms with E-state index in [1.54, 1.807) is 36.7 Å². The highest BCUT2D eigenvalue weighted by Crippen LogP contribution is 2.09. The van der Waals surface area contributed by atoms with E-state index in [1.807, 2.05) is 12.1 Å². The van der Waals surface area contributed by atoms with Gasteiger partial charge in [0.1, 0.15) is 5.75 Å². The number of nitrogens with one attached hydrogen (secondary N) is 1. The van der Waals surface area contributed by atoms with Crippen LogP contribution in [0.2, 0.25) is 0 Å². The Morgan fingerprint density at radius 3 is 2.44 bits per heavy atom. The van der Waals surface area contributed by atoms with E-state index in [1.165, 1.54) is 0 Å². The number of nitrogens with zero attached hydrogens (tertiary/aromatic N) is 1. The van der Waals surface area contributed by atoms with E-state index < -0.39 is 0 Å². The maximum absolute atomic E-state index is 11.7. The number of hydrogen-bond acceptors (Lipinski definition) is 3. The molecule has 1 aromatic heterocycles. The van der Waals surface area contributed by atoms with Crippen molar-refractivity contribution in [3.05, 3.63) is 59.9 Å². The zero-order valence-corrected chi connectivity index (χ0v) is 9.84. The number of benzene rings is 1. The Morgan fingerprint density at radius 1 is 1.11 bits per heavy atom. The first kappa shape index (κ1) is 12.1. The van der Waals surface area contributed by atoms with Crippen LogP contribution in [-0.2, 0) is 6.42 Å². The number of pyridine rings is 1. The lowest BCUT2D eigenvalue weighted by atomic mass is 10.1. The summed E-state index contributed by atoms with van der Waals surface area (Å²) >= 11 is 0. The van der Waals surface area contributed by atoms with E-state index in [4.69, 9.17) is 5.11 Å². The van der Waals surface area contributed by atoms with Crippen LogP contribution in [0, 0.1) is 0 Å². The van der Waals surface area contributed by atoms with E-state index in [9.17, 15) is 4.79 Å². The van der Waals surface area contributed by atoms with Crippen molar-refractivity contribution in [2.24, 2.45) is 0 Å². The molecule has 0 aliphatic carbocycles. The molecule has 1 aromatic carbocycles. The zero-order chi connectivity index (χ0) is 12.8. The summed E-state index contributed by atoms with van der Waals surface area (Å²) in [5.41, 5.74) is 1.68. The minimum absolute atomic E-state index is 0.101. The molecule has 0 aliphatic heterocycles. The van der Waals surface area contributed by atoms with Gasteiger partial charge in [0.15, 0.2) is 0 Å². The molecule has 0 bridgehead atoms. The molecule has 2 aromatic rings. The largest absolute Gasteiger partial charge is 0.508 e. The van der Waals surface area contributed by atoms with Crippen LogP contribution in [0.1, 0.15) is 15.9 Å². The monoisotopic (exact) mass is 242 g/mol. The SMILES string of the molecule is O=C(NCCc1ccc(O)cc1)c1ccncc1. The smallest absolute Gasteiger partial charge is 0.251 e. The van der Waals surface area contributed by atoms with E-state index >= 15 is 0 Å². The lowest BCUT2D eigenvalue weighted by Crippen LogP contribution is -2.25. The number of amides is 1. The summed E-state index contributed by atoms with van der Waals surface area (Å²) in [6.07, 6.45) is 3.92. The average molecular weight is 242 g/mol. The molecule has 0 saturated carbocycles. The Hall–Kier alpha value is -2.36. The summed E-state index contributed by atoms with van der Waals surface area (Å²) in [5, 5.41) is 12.0. The maximum atomic E-state index is 11.7. The van der Waals surface area contributed by atoms with Gasteiger partial charge in [0, 0.05) is 24.5 Å². The van der Waals surface area contributed by atoms with Gasteiger partial charge < -0.3 is 10.4 Å². The third-order valence-electron chi connectivity index (χ3n) is 2.58. The van der Waals surface area contributed by atoms with Crippen molar-refractivity contribution >= 4 is 5.91 Å². The molecule has 92 valence electrons. The summed E-state index contributed by atoms with van der Waals surface area (Å²) in [4.78, 5) is 15.6. The molecular weight excluding hydrogens is 228 g/mol. The van der Waals surface area contributed by atoms with Crippen LogP contribution in [-0.4, -0.2) is 22.5 Å². The predicted octanol–water partition coefficient (Wildman–Crippen LogP) is 1.76. The van der Waals surface area contributed by atoms with E-state index in [-0.39, 0.29) is 11.7 Å². The Bertz CT molecular complexity index is 509. The molecule has 0 unspecified atom stereocenters. The first-order valence-corrected chi connectivity index (χ1v) is 5.72. The van der Waals surface area contributed by atoms with Crippen molar-refractivity contribution in [1.29, 1.82) is 0 Å². The minimum Gasteiger partial charge on any atom is -0.508 e. The predicted molar refractivity (Wildman–Crippen MR) is 68.4 cm³/mol. The molecule has 1 amide bonds.